The topological polar surface area (TPSA) is 37.3 Å². The number of rotatable bonds is 3. The molecule has 0 amide bonds. The first-order valence-corrected chi connectivity index (χ1v) is 6.09. The molecule has 2 heteroatoms. The molecule has 17 heavy (non-hydrogen) atoms. The number of hydrogen-bond donors (Lipinski definition) is 1. The molecule has 2 nitrogen and oxygen atoms in total. The summed E-state index contributed by atoms with van der Waals surface area (Å²) in [4.78, 5) is 10.5. The first-order chi connectivity index (χ1) is 7.83. The highest BCUT2D eigenvalue weighted by Crippen LogP contribution is 2.41. The second-order valence-electron chi connectivity index (χ2n) is 5.54. The van der Waals surface area contributed by atoms with Crippen molar-refractivity contribution in [2.75, 3.05) is 0 Å². The average molecular weight is 234 g/mol. The third-order valence-electron chi connectivity index (χ3n) is 3.49. The van der Waals surface area contributed by atoms with Crippen LogP contribution < -0.4 is 0 Å². The number of allylic oxidation sites excluding steroid dienone is 5. The summed E-state index contributed by atoms with van der Waals surface area (Å²) >= 11 is 0. The lowest BCUT2D eigenvalue weighted by molar-refractivity contribution is -0.131. The van der Waals surface area contributed by atoms with Crippen LogP contribution in [-0.4, -0.2) is 11.1 Å². The second kappa shape index (κ2) is 5.35. The van der Waals surface area contributed by atoms with Crippen LogP contribution in [0.5, 0.6) is 0 Å². The molecule has 0 aromatic heterocycles. The highest BCUT2D eigenvalue weighted by Gasteiger charge is 2.30. The molecule has 1 aliphatic carbocycles. The molecule has 0 fully saturated rings. The zero-order valence-corrected chi connectivity index (χ0v) is 11.2. The molecule has 0 bridgehead atoms. The van der Waals surface area contributed by atoms with Crippen molar-refractivity contribution >= 4 is 5.97 Å². The zero-order chi connectivity index (χ0) is 13.1. The molecular formula is C15H22O2. The van der Waals surface area contributed by atoms with Gasteiger partial charge >= 0.3 is 5.97 Å². The van der Waals surface area contributed by atoms with Gasteiger partial charge in [0.1, 0.15) is 0 Å². The summed E-state index contributed by atoms with van der Waals surface area (Å²) in [5.74, 6) is -0.476. The van der Waals surface area contributed by atoms with Gasteiger partial charge in [-0.15, -0.1) is 0 Å². The number of carbonyl (C=O) groups is 1. The molecule has 1 atom stereocenters. The molecule has 0 aromatic carbocycles. The fourth-order valence-electron chi connectivity index (χ4n) is 2.47. The van der Waals surface area contributed by atoms with Gasteiger partial charge in [-0.3, -0.25) is 0 Å². The molecule has 94 valence electrons. The molecule has 0 spiro atoms. The van der Waals surface area contributed by atoms with E-state index in [1.807, 2.05) is 13.0 Å². The van der Waals surface area contributed by atoms with E-state index in [-0.39, 0.29) is 5.41 Å². The molecule has 0 aliphatic heterocycles. The van der Waals surface area contributed by atoms with Crippen molar-refractivity contribution in [1.29, 1.82) is 0 Å². The Morgan fingerprint density at radius 2 is 2.18 bits per heavy atom. The summed E-state index contributed by atoms with van der Waals surface area (Å²) < 4.78 is 0. The van der Waals surface area contributed by atoms with Gasteiger partial charge < -0.3 is 5.11 Å². The van der Waals surface area contributed by atoms with Crippen molar-refractivity contribution in [3.63, 3.8) is 0 Å². The monoisotopic (exact) mass is 234 g/mol. The minimum absolute atomic E-state index is 0.263. The molecule has 1 unspecified atom stereocenters. The lowest BCUT2D eigenvalue weighted by atomic mass is 9.68. The molecule has 0 aromatic rings. The van der Waals surface area contributed by atoms with Gasteiger partial charge in [0.2, 0.25) is 0 Å². The van der Waals surface area contributed by atoms with Crippen LogP contribution in [0.15, 0.2) is 35.5 Å². The first-order valence-electron chi connectivity index (χ1n) is 6.09. The first kappa shape index (κ1) is 13.8. The van der Waals surface area contributed by atoms with Crippen molar-refractivity contribution < 1.29 is 9.90 Å². The van der Waals surface area contributed by atoms with Gasteiger partial charge in [0.25, 0.3) is 0 Å². The summed E-state index contributed by atoms with van der Waals surface area (Å²) in [6.07, 6.45) is 9.92. The third-order valence-corrected chi connectivity index (χ3v) is 3.49. The summed E-state index contributed by atoms with van der Waals surface area (Å²) in [5.41, 5.74) is 2.44. The van der Waals surface area contributed by atoms with Gasteiger partial charge in [0, 0.05) is 12.0 Å². The minimum atomic E-state index is -0.887. The zero-order valence-electron chi connectivity index (χ0n) is 11.2. The predicted octanol–water partition coefficient (Wildman–Crippen LogP) is 3.96. The maximum absolute atomic E-state index is 10.5. The maximum atomic E-state index is 10.5. The highest BCUT2D eigenvalue weighted by molar-refractivity contribution is 5.81. The lowest BCUT2D eigenvalue weighted by Crippen LogP contribution is -2.26. The molecule has 0 radical (unpaired) electrons. The molecule has 1 N–H and O–H groups in total. The molecule has 1 rings (SSSR count). The van der Waals surface area contributed by atoms with Crippen molar-refractivity contribution in [3.05, 3.63) is 35.5 Å². The van der Waals surface area contributed by atoms with E-state index in [0.29, 0.717) is 5.92 Å². The Morgan fingerprint density at radius 1 is 1.53 bits per heavy atom. The van der Waals surface area contributed by atoms with Crippen LogP contribution in [0.1, 0.15) is 40.5 Å². The fraction of sp³-hybridized carbons (Fsp3) is 0.533. The van der Waals surface area contributed by atoms with E-state index in [9.17, 15) is 4.79 Å². The van der Waals surface area contributed by atoms with E-state index in [2.05, 4.69) is 32.9 Å². The van der Waals surface area contributed by atoms with Gasteiger partial charge in [0.05, 0.1) is 0 Å². The normalized spacial score (nSPS) is 24.8. The van der Waals surface area contributed by atoms with Crippen molar-refractivity contribution in [3.8, 4) is 0 Å². The Morgan fingerprint density at radius 3 is 2.71 bits per heavy atom. The largest absolute Gasteiger partial charge is 0.478 e. The quantitative estimate of drug-likeness (QED) is 0.456. The third kappa shape index (κ3) is 3.88. The molecule has 0 saturated heterocycles. The lowest BCUT2D eigenvalue weighted by Gasteiger charge is -2.36. The van der Waals surface area contributed by atoms with E-state index in [1.165, 1.54) is 18.1 Å². The van der Waals surface area contributed by atoms with Crippen LogP contribution in [0.25, 0.3) is 0 Å². The van der Waals surface area contributed by atoms with Crippen LogP contribution in [0.3, 0.4) is 0 Å². The van der Waals surface area contributed by atoms with E-state index in [4.69, 9.17) is 5.11 Å². The van der Waals surface area contributed by atoms with Crippen LogP contribution >= 0.6 is 0 Å². The number of hydrogen-bond acceptors (Lipinski definition) is 1. The van der Waals surface area contributed by atoms with Gasteiger partial charge in [-0.25, -0.2) is 4.79 Å². The van der Waals surface area contributed by atoms with Crippen LogP contribution in [-0.2, 0) is 4.79 Å². The molecule has 0 heterocycles. The number of carboxylic acids is 1. The Bertz CT molecular complexity index is 384. The Hall–Kier alpha value is -1.31. The van der Waals surface area contributed by atoms with Crippen LogP contribution in [0.2, 0.25) is 0 Å². The number of carboxylic acid groups (broad SMARTS) is 1. The standard InChI is InChI=1S/C15H22O2/c1-11(10-14(16)17)7-8-13-12(2)6-5-9-15(13,3)4/h6-8,10,13H,5,9H2,1-4H3,(H,16,17). The fourth-order valence-corrected chi connectivity index (χ4v) is 2.47. The van der Waals surface area contributed by atoms with Crippen LogP contribution in [0.4, 0.5) is 0 Å². The molecule has 1 aliphatic rings. The van der Waals surface area contributed by atoms with Gasteiger partial charge in [-0.2, -0.15) is 0 Å². The van der Waals surface area contributed by atoms with E-state index < -0.39 is 5.97 Å². The Labute approximate surface area is 104 Å². The molecule has 0 saturated carbocycles. The number of aliphatic carboxylic acids is 1. The Kier molecular flexibility index (Phi) is 4.33. The van der Waals surface area contributed by atoms with Gasteiger partial charge in [-0.05, 0) is 37.7 Å². The Balaban J connectivity index is 2.85. The summed E-state index contributed by atoms with van der Waals surface area (Å²) in [5, 5.41) is 8.65. The van der Waals surface area contributed by atoms with Crippen LogP contribution in [0, 0.1) is 11.3 Å². The SMILES string of the molecule is CC(C=CC1C(C)=CCCC1(C)C)=CC(=O)O. The smallest absolute Gasteiger partial charge is 0.328 e. The van der Waals surface area contributed by atoms with Crippen molar-refractivity contribution in [2.24, 2.45) is 11.3 Å². The summed E-state index contributed by atoms with van der Waals surface area (Å²) in [6, 6.07) is 0. The van der Waals surface area contributed by atoms with E-state index >= 15 is 0 Å². The molecular weight excluding hydrogens is 212 g/mol. The summed E-state index contributed by atoms with van der Waals surface area (Å²) in [7, 11) is 0. The summed E-state index contributed by atoms with van der Waals surface area (Å²) in [6.45, 7) is 8.52. The minimum Gasteiger partial charge on any atom is -0.478 e. The average Bonchev–Trinajstić information content (AvgIpc) is 2.14. The maximum Gasteiger partial charge on any atom is 0.328 e. The van der Waals surface area contributed by atoms with Crippen molar-refractivity contribution in [1.82, 2.24) is 0 Å². The van der Waals surface area contributed by atoms with E-state index in [1.54, 1.807) is 0 Å². The van der Waals surface area contributed by atoms with Gasteiger partial charge in [-0.1, -0.05) is 37.6 Å². The second-order valence-corrected chi connectivity index (χ2v) is 5.54. The predicted molar refractivity (Wildman–Crippen MR) is 70.8 cm³/mol. The van der Waals surface area contributed by atoms with Crippen molar-refractivity contribution in [2.45, 2.75) is 40.5 Å². The van der Waals surface area contributed by atoms with Gasteiger partial charge in [0.15, 0.2) is 0 Å². The highest BCUT2D eigenvalue weighted by atomic mass is 16.4. The van der Waals surface area contributed by atoms with E-state index in [0.717, 1.165) is 12.0 Å².